The Hall–Kier alpha value is -0.730. The molecule has 1 nitrogen and oxygen atoms in total. The van der Waals surface area contributed by atoms with Crippen molar-refractivity contribution >= 4 is 18.7 Å². The molecule has 0 spiro atoms. The molecule has 0 fully saturated rings. The molecule has 1 aromatic rings. The normalized spacial score (nSPS) is 10.9. The largest absolute Gasteiger partial charge is 0.316 e. The number of benzene rings is 1. The zero-order valence-electron chi connectivity index (χ0n) is 7.83. The second-order valence-corrected chi connectivity index (χ2v) is 3.23. The third-order valence-corrected chi connectivity index (χ3v) is 1.96. The average molecular weight is 193 g/mol. The molecule has 1 rings (SSSR count). The molecule has 2 heteroatoms. The summed E-state index contributed by atoms with van der Waals surface area (Å²) in [6, 6.07) is 8.47. The standard InChI is InChI=1S/C11H15NS/c1-12-9-11-5-2-4-10(8-11)6-3-7-13/h2-6,8,12-13H,7,9H2,1H3. The summed E-state index contributed by atoms with van der Waals surface area (Å²) in [4.78, 5) is 0. The van der Waals surface area contributed by atoms with Crippen molar-refractivity contribution in [1.82, 2.24) is 5.32 Å². The van der Waals surface area contributed by atoms with Crippen molar-refractivity contribution in [2.45, 2.75) is 6.54 Å². The van der Waals surface area contributed by atoms with Crippen LogP contribution in [0.3, 0.4) is 0 Å². The zero-order valence-corrected chi connectivity index (χ0v) is 8.72. The van der Waals surface area contributed by atoms with Crippen LogP contribution in [0.25, 0.3) is 6.08 Å². The van der Waals surface area contributed by atoms with Crippen LogP contribution < -0.4 is 5.32 Å². The summed E-state index contributed by atoms with van der Waals surface area (Å²) in [5.41, 5.74) is 2.55. The molecule has 0 atom stereocenters. The molecule has 0 unspecified atom stereocenters. The third-order valence-electron chi connectivity index (χ3n) is 1.75. The van der Waals surface area contributed by atoms with Crippen LogP contribution in [0.15, 0.2) is 30.3 Å². The van der Waals surface area contributed by atoms with E-state index in [2.05, 4.69) is 48.3 Å². The lowest BCUT2D eigenvalue weighted by atomic mass is 10.1. The van der Waals surface area contributed by atoms with Gasteiger partial charge >= 0.3 is 0 Å². The van der Waals surface area contributed by atoms with E-state index in [0.717, 1.165) is 12.3 Å². The summed E-state index contributed by atoms with van der Waals surface area (Å²) in [6.45, 7) is 0.919. The highest BCUT2D eigenvalue weighted by Gasteiger charge is 1.90. The van der Waals surface area contributed by atoms with Crippen LogP contribution in [0.4, 0.5) is 0 Å². The highest BCUT2D eigenvalue weighted by atomic mass is 32.1. The molecule has 1 aromatic carbocycles. The Bertz CT molecular complexity index is 281. The Balaban J connectivity index is 2.73. The van der Waals surface area contributed by atoms with Crippen molar-refractivity contribution in [2.75, 3.05) is 12.8 Å². The van der Waals surface area contributed by atoms with Crippen molar-refractivity contribution in [2.24, 2.45) is 0 Å². The monoisotopic (exact) mass is 193 g/mol. The maximum absolute atomic E-state index is 4.12. The molecule has 1 N–H and O–H groups in total. The van der Waals surface area contributed by atoms with Crippen molar-refractivity contribution < 1.29 is 0 Å². The van der Waals surface area contributed by atoms with Crippen LogP contribution in [-0.4, -0.2) is 12.8 Å². The minimum atomic E-state index is 0.788. The Kier molecular flexibility index (Phi) is 4.65. The Labute approximate surface area is 85.3 Å². The lowest BCUT2D eigenvalue weighted by Crippen LogP contribution is -2.04. The summed E-state index contributed by atoms with van der Waals surface area (Å²) < 4.78 is 0. The van der Waals surface area contributed by atoms with Crippen molar-refractivity contribution in [3.63, 3.8) is 0 Å². The molecule has 0 aromatic heterocycles. The van der Waals surface area contributed by atoms with Gasteiger partial charge in [0, 0.05) is 12.3 Å². The zero-order chi connectivity index (χ0) is 9.52. The Morgan fingerprint density at radius 1 is 1.46 bits per heavy atom. The van der Waals surface area contributed by atoms with Crippen LogP contribution in [-0.2, 0) is 6.54 Å². The summed E-state index contributed by atoms with van der Waals surface area (Å²) >= 11 is 4.12. The molecule has 0 saturated carbocycles. The first kappa shape index (κ1) is 10.4. The highest BCUT2D eigenvalue weighted by Crippen LogP contribution is 2.06. The van der Waals surface area contributed by atoms with E-state index in [4.69, 9.17) is 0 Å². The van der Waals surface area contributed by atoms with E-state index in [0.29, 0.717) is 0 Å². The minimum absolute atomic E-state index is 0.788. The molecule has 70 valence electrons. The van der Waals surface area contributed by atoms with E-state index >= 15 is 0 Å². The maximum Gasteiger partial charge on any atom is 0.0202 e. The second kappa shape index (κ2) is 5.84. The van der Waals surface area contributed by atoms with E-state index in [9.17, 15) is 0 Å². The molecule has 13 heavy (non-hydrogen) atoms. The first-order valence-electron chi connectivity index (χ1n) is 4.37. The molecule has 0 amide bonds. The quantitative estimate of drug-likeness (QED) is 0.699. The van der Waals surface area contributed by atoms with Crippen LogP contribution >= 0.6 is 12.6 Å². The molecular formula is C11H15NS. The number of hydrogen-bond donors (Lipinski definition) is 2. The van der Waals surface area contributed by atoms with Crippen molar-refractivity contribution in [3.8, 4) is 0 Å². The molecule has 0 aliphatic heterocycles. The van der Waals surface area contributed by atoms with Crippen LogP contribution in [0.5, 0.6) is 0 Å². The lowest BCUT2D eigenvalue weighted by molar-refractivity contribution is 0.818. The SMILES string of the molecule is CNCc1cccc(C=CCS)c1. The van der Waals surface area contributed by atoms with E-state index in [1.54, 1.807) is 0 Å². The predicted molar refractivity (Wildman–Crippen MR) is 62.1 cm³/mol. The lowest BCUT2D eigenvalue weighted by Gasteiger charge is -2.00. The van der Waals surface area contributed by atoms with Gasteiger partial charge in [0.05, 0.1) is 0 Å². The summed E-state index contributed by atoms with van der Waals surface area (Å²) in [5.74, 6) is 0.788. The fourth-order valence-corrected chi connectivity index (χ4v) is 1.31. The molecule has 0 heterocycles. The molecule has 0 saturated heterocycles. The van der Waals surface area contributed by atoms with Crippen molar-refractivity contribution in [3.05, 3.63) is 41.5 Å². The van der Waals surface area contributed by atoms with Gasteiger partial charge in [-0.3, -0.25) is 0 Å². The summed E-state index contributed by atoms with van der Waals surface area (Å²) in [5, 5.41) is 3.13. The van der Waals surface area contributed by atoms with E-state index in [1.807, 2.05) is 13.1 Å². The number of nitrogens with one attached hydrogen (secondary N) is 1. The number of hydrogen-bond acceptors (Lipinski definition) is 2. The van der Waals surface area contributed by atoms with E-state index < -0.39 is 0 Å². The molecule has 0 bridgehead atoms. The van der Waals surface area contributed by atoms with Gasteiger partial charge in [-0.25, -0.2) is 0 Å². The number of thiol groups is 1. The van der Waals surface area contributed by atoms with Crippen LogP contribution in [0.2, 0.25) is 0 Å². The summed E-state index contributed by atoms with van der Waals surface area (Å²) in [7, 11) is 1.95. The first-order chi connectivity index (χ1) is 6.36. The van der Waals surface area contributed by atoms with E-state index in [1.165, 1.54) is 11.1 Å². The molecule has 0 radical (unpaired) electrons. The molecular weight excluding hydrogens is 178 g/mol. The fourth-order valence-electron chi connectivity index (χ4n) is 1.20. The Morgan fingerprint density at radius 2 is 2.31 bits per heavy atom. The molecule has 0 aliphatic carbocycles. The van der Waals surface area contributed by atoms with Crippen LogP contribution in [0, 0.1) is 0 Å². The van der Waals surface area contributed by atoms with Gasteiger partial charge in [-0.15, -0.1) is 0 Å². The maximum atomic E-state index is 4.12. The van der Waals surface area contributed by atoms with Crippen molar-refractivity contribution in [1.29, 1.82) is 0 Å². The first-order valence-corrected chi connectivity index (χ1v) is 5.01. The van der Waals surface area contributed by atoms with Gasteiger partial charge in [-0.1, -0.05) is 36.4 Å². The highest BCUT2D eigenvalue weighted by molar-refractivity contribution is 7.80. The summed E-state index contributed by atoms with van der Waals surface area (Å²) in [6.07, 6.45) is 4.13. The van der Waals surface area contributed by atoms with Gasteiger partial charge in [-0.05, 0) is 18.2 Å². The smallest absolute Gasteiger partial charge is 0.0202 e. The Morgan fingerprint density at radius 3 is 3.00 bits per heavy atom. The molecule has 0 aliphatic rings. The van der Waals surface area contributed by atoms with Gasteiger partial charge in [0.1, 0.15) is 0 Å². The fraction of sp³-hybridized carbons (Fsp3) is 0.273. The van der Waals surface area contributed by atoms with Crippen LogP contribution in [0.1, 0.15) is 11.1 Å². The van der Waals surface area contributed by atoms with Gasteiger partial charge in [0.2, 0.25) is 0 Å². The number of rotatable bonds is 4. The topological polar surface area (TPSA) is 12.0 Å². The predicted octanol–water partition coefficient (Wildman–Crippen LogP) is 2.35. The van der Waals surface area contributed by atoms with Gasteiger partial charge in [0.15, 0.2) is 0 Å². The second-order valence-electron chi connectivity index (χ2n) is 2.86. The van der Waals surface area contributed by atoms with E-state index in [-0.39, 0.29) is 0 Å². The van der Waals surface area contributed by atoms with Gasteiger partial charge in [-0.2, -0.15) is 12.6 Å². The third kappa shape index (κ3) is 3.66. The average Bonchev–Trinajstić information content (AvgIpc) is 2.16. The van der Waals surface area contributed by atoms with Gasteiger partial charge in [0.25, 0.3) is 0 Å². The minimum Gasteiger partial charge on any atom is -0.316 e. The van der Waals surface area contributed by atoms with Gasteiger partial charge < -0.3 is 5.32 Å².